The highest BCUT2D eigenvalue weighted by Gasteiger charge is 2.22. The Morgan fingerprint density at radius 2 is 1.73 bits per heavy atom. The molecule has 1 heterocycles. The van der Waals surface area contributed by atoms with Gasteiger partial charge >= 0.3 is 0 Å². The van der Waals surface area contributed by atoms with Gasteiger partial charge < -0.3 is 9.22 Å². The molecule has 30 heavy (non-hydrogen) atoms. The molecule has 0 fully saturated rings. The van der Waals surface area contributed by atoms with Gasteiger partial charge in [-0.25, -0.2) is 0 Å². The van der Waals surface area contributed by atoms with E-state index in [1.807, 2.05) is 37.3 Å². The van der Waals surface area contributed by atoms with Gasteiger partial charge in [0.15, 0.2) is 0 Å². The molecule has 156 valence electrons. The number of likely N-dealkylation sites (N-methyl/N-ethyl adjacent to an activating group) is 1. The van der Waals surface area contributed by atoms with Crippen LogP contribution in [0.1, 0.15) is 23.6 Å². The smallest absolute Gasteiger partial charge is 0.271 e. The van der Waals surface area contributed by atoms with Crippen molar-refractivity contribution in [2.45, 2.75) is 32.8 Å². The second kappa shape index (κ2) is 7.73. The summed E-state index contributed by atoms with van der Waals surface area (Å²) in [6.07, 6.45) is 1.84. The molecule has 0 amide bonds. The van der Waals surface area contributed by atoms with Gasteiger partial charge in [0, 0.05) is 11.6 Å². The highest BCUT2D eigenvalue weighted by Crippen LogP contribution is 2.34. The maximum Gasteiger partial charge on any atom is 0.271 e. The van der Waals surface area contributed by atoms with Crippen LogP contribution in [0.4, 0.5) is 0 Å². The highest BCUT2D eigenvalue weighted by molar-refractivity contribution is 5.70. The topological polar surface area (TPSA) is 44.1 Å². The van der Waals surface area contributed by atoms with Crippen LogP contribution in [0.3, 0.4) is 0 Å². The van der Waals surface area contributed by atoms with Crippen molar-refractivity contribution in [1.82, 2.24) is 9.78 Å². The number of aromatic nitrogens is 2. The molecule has 2 aromatic carbocycles. The summed E-state index contributed by atoms with van der Waals surface area (Å²) in [6.45, 7) is 5.05. The molecule has 3 aromatic rings. The number of quaternary nitrogens is 1. The fraction of sp³-hybridized carbons (Fsp3) is 0.360. The van der Waals surface area contributed by atoms with E-state index in [1.165, 1.54) is 10.2 Å². The largest absolute Gasteiger partial charge is 0.485 e. The Bertz CT molecular complexity index is 1120. The molecule has 1 atom stereocenters. The lowest BCUT2D eigenvalue weighted by atomic mass is 9.89. The Kier molecular flexibility index (Phi) is 5.24. The molecule has 0 radical (unpaired) electrons. The Hall–Kier alpha value is -2.92. The van der Waals surface area contributed by atoms with E-state index in [0.717, 1.165) is 57.7 Å². The van der Waals surface area contributed by atoms with Crippen molar-refractivity contribution in [2.24, 2.45) is 0 Å². The number of hydrogen-bond acceptors (Lipinski definition) is 3. The van der Waals surface area contributed by atoms with Crippen LogP contribution in [0.15, 0.2) is 53.3 Å². The van der Waals surface area contributed by atoms with Crippen LogP contribution in [0.25, 0.3) is 16.9 Å². The summed E-state index contributed by atoms with van der Waals surface area (Å²) in [5.41, 5.74) is 6.03. The number of hydrogen-bond donors (Lipinski definition) is 0. The van der Waals surface area contributed by atoms with E-state index in [2.05, 4.69) is 40.2 Å². The first-order chi connectivity index (χ1) is 14.2. The number of aryl methyl sites for hydroxylation is 3. The lowest BCUT2D eigenvalue weighted by Gasteiger charge is -2.28. The molecular formula is C25H30N3O2+. The normalized spacial score (nSPS) is 14.0. The number of nitrogens with zero attached hydrogens (tertiary/aromatic N) is 3. The van der Waals surface area contributed by atoms with Crippen molar-refractivity contribution >= 4 is 0 Å². The Morgan fingerprint density at radius 3 is 2.43 bits per heavy atom. The number of ether oxygens (including phenoxy) is 1. The van der Waals surface area contributed by atoms with Crippen LogP contribution >= 0.6 is 0 Å². The number of rotatable bonds is 5. The van der Waals surface area contributed by atoms with E-state index in [4.69, 9.17) is 9.84 Å². The Labute approximate surface area is 178 Å². The van der Waals surface area contributed by atoms with E-state index in [9.17, 15) is 4.79 Å². The van der Waals surface area contributed by atoms with Crippen molar-refractivity contribution < 1.29 is 9.22 Å². The molecule has 5 nitrogen and oxygen atoms in total. The fourth-order valence-corrected chi connectivity index (χ4v) is 4.16. The van der Waals surface area contributed by atoms with Crippen LogP contribution in [0.5, 0.6) is 5.75 Å². The van der Waals surface area contributed by atoms with Crippen LogP contribution in [-0.4, -0.2) is 48.1 Å². The molecule has 1 aromatic heterocycles. The van der Waals surface area contributed by atoms with Gasteiger partial charge in [-0.3, -0.25) is 4.79 Å². The number of benzene rings is 2. The lowest BCUT2D eigenvalue weighted by molar-refractivity contribution is -0.872. The summed E-state index contributed by atoms with van der Waals surface area (Å²) in [7, 11) is 6.49. The zero-order valence-electron chi connectivity index (χ0n) is 18.5. The highest BCUT2D eigenvalue weighted by atomic mass is 16.5. The SMILES string of the molecule is Cc1ccc(-n2nc3c(cc2=O)CCc2ccc(OC(C)C[N+](C)(C)C)cc2-3)cc1. The molecule has 4 rings (SSSR count). The van der Waals surface area contributed by atoms with Crippen molar-refractivity contribution in [1.29, 1.82) is 0 Å². The van der Waals surface area contributed by atoms with Gasteiger partial charge in [0.1, 0.15) is 18.4 Å². The molecule has 0 saturated heterocycles. The molecule has 5 heteroatoms. The maximum absolute atomic E-state index is 12.7. The van der Waals surface area contributed by atoms with E-state index in [1.54, 1.807) is 6.07 Å². The molecular weight excluding hydrogens is 374 g/mol. The number of fused-ring (bicyclic) bond motifs is 3. The summed E-state index contributed by atoms with van der Waals surface area (Å²) in [5, 5.41) is 4.78. The van der Waals surface area contributed by atoms with E-state index in [0.29, 0.717) is 0 Å². The van der Waals surface area contributed by atoms with Crippen LogP contribution in [-0.2, 0) is 12.8 Å². The molecule has 1 unspecified atom stereocenters. The lowest BCUT2D eigenvalue weighted by Crippen LogP contribution is -2.42. The first-order valence-electron chi connectivity index (χ1n) is 10.5. The minimum Gasteiger partial charge on any atom is -0.485 e. The van der Waals surface area contributed by atoms with Crippen molar-refractivity contribution in [2.75, 3.05) is 27.7 Å². The fourth-order valence-electron chi connectivity index (χ4n) is 4.16. The summed E-state index contributed by atoms with van der Waals surface area (Å²) < 4.78 is 8.56. The standard InChI is InChI=1S/C25H30N3O2/c1-17-6-11-21(12-7-17)27-24(29)14-20-9-8-19-10-13-22(15-23(19)25(20)26-27)30-18(2)16-28(3,4)5/h6-7,10-15,18H,8-9,16H2,1-5H3/q+1. The third-order valence-electron chi connectivity index (χ3n) is 5.43. The Morgan fingerprint density at radius 1 is 1.03 bits per heavy atom. The molecule has 0 bridgehead atoms. The van der Waals surface area contributed by atoms with Gasteiger partial charge in [0.05, 0.1) is 32.5 Å². The van der Waals surface area contributed by atoms with E-state index < -0.39 is 0 Å². The van der Waals surface area contributed by atoms with E-state index >= 15 is 0 Å². The molecule has 0 N–H and O–H groups in total. The molecule has 0 saturated carbocycles. The third kappa shape index (κ3) is 4.31. The molecule has 1 aliphatic carbocycles. The molecule has 0 spiro atoms. The first-order valence-corrected chi connectivity index (χ1v) is 10.5. The minimum absolute atomic E-state index is 0.0926. The van der Waals surface area contributed by atoms with Gasteiger partial charge in [0.2, 0.25) is 0 Å². The first kappa shape index (κ1) is 20.4. The zero-order valence-corrected chi connectivity index (χ0v) is 18.5. The summed E-state index contributed by atoms with van der Waals surface area (Å²) in [5.74, 6) is 0.845. The average molecular weight is 405 g/mol. The van der Waals surface area contributed by atoms with Crippen LogP contribution in [0, 0.1) is 6.92 Å². The average Bonchev–Trinajstić information content (AvgIpc) is 2.66. The van der Waals surface area contributed by atoms with Gasteiger partial charge in [-0.05, 0) is 62.1 Å². The van der Waals surface area contributed by atoms with Crippen LogP contribution < -0.4 is 10.3 Å². The summed E-state index contributed by atoms with van der Waals surface area (Å²) in [6, 6.07) is 15.9. The predicted molar refractivity (Wildman–Crippen MR) is 120 cm³/mol. The monoisotopic (exact) mass is 404 g/mol. The third-order valence-corrected chi connectivity index (χ3v) is 5.43. The minimum atomic E-state index is -0.0926. The van der Waals surface area contributed by atoms with Gasteiger partial charge in [-0.2, -0.15) is 9.78 Å². The molecule has 1 aliphatic rings. The summed E-state index contributed by atoms with van der Waals surface area (Å²) >= 11 is 0. The van der Waals surface area contributed by atoms with Gasteiger partial charge in [-0.15, -0.1) is 0 Å². The van der Waals surface area contributed by atoms with Crippen LogP contribution in [0.2, 0.25) is 0 Å². The van der Waals surface area contributed by atoms with Gasteiger partial charge in [-0.1, -0.05) is 23.8 Å². The van der Waals surface area contributed by atoms with Crippen molar-refractivity contribution in [3.05, 3.63) is 75.6 Å². The van der Waals surface area contributed by atoms with Crippen molar-refractivity contribution in [3.8, 4) is 22.7 Å². The zero-order chi connectivity index (χ0) is 21.5. The van der Waals surface area contributed by atoms with Gasteiger partial charge in [0.25, 0.3) is 5.56 Å². The quantitative estimate of drug-likeness (QED) is 0.608. The predicted octanol–water partition coefficient (Wildman–Crippen LogP) is 3.78. The Balaban J connectivity index is 1.72. The second-order valence-electron chi connectivity index (χ2n) is 9.32. The van der Waals surface area contributed by atoms with E-state index in [-0.39, 0.29) is 11.7 Å². The van der Waals surface area contributed by atoms with Crippen molar-refractivity contribution in [3.63, 3.8) is 0 Å². The maximum atomic E-state index is 12.7. The molecule has 0 aliphatic heterocycles. The summed E-state index contributed by atoms with van der Waals surface area (Å²) in [4.78, 5) is 12.7. The second-order valence-corrected chi connectivity index (χ2v) is 9.32.